The largest absolute Gasteiger partial charge is 2.00 e. The zero-order valence-corrected chi connectivity index (χ0v) is 93.6. The van der Waals surface area contributed by atoms with E-state index in [1.54, 1.807) is 49.4 Å². The number of rotatable bonds is 14. The first-order chi connectivity index (χ1) is 61.2. The summed E-state index contributed by atoms with van der Waals surface area (Å²) in [5, 5.41) is 35.8. The maximum atomic E-state index is 12.5. The first-order valence-corrected chi connectivity index (χ1v) is 40.7. The Hall–Kier alpha value is -8.92. The summed E-state index contributed by atoms with van der Waals surface area (Å²) in [4.78, 5) is 206. The summed E-state index contributed by atoms with van der Waals surface area (Å²) in [6.45, 7) is 27.6. The average Bonchev–Trinajstić information content (AvgIpc) is 0.811. The number of ether oxygens (including phenoxy) is 2. The van der Waals surface area contributed by atoms with Crippen LogP contribution in [0.3, 0.4) is 0 Å². The topological polar surface area (TPSA) is 482 Å². The van der Waals surface area contributed by atoms with E-state index in [0.29, 0.717) is 21.4 Å². The van der Waals surface area contributed by atoms with E-state index in [1.165, 1.54) is 43.5 Å². The molecule has 132 heavy (non-hydrogen) atoms. The number of hydrogen-bond donors (Lipinski definition) is 6. The second-order valence-electron chi connectivity index (χ2n) is 24.6. The van der Waals surface area contributed by atoms with Crippen molar-refractivity contribution in [2.75, 3.05) is 14.1 Å². The smallest absolute Gasteiger partial charge is 0.684 e. The van der Waals surface area contributed by atoms with Crippen LogP contribution in [0.1, 0.15) is 243 Å². The number of amides is 18. The zero-order valence-electron chi connectivity index (χ0n) is 77.5. The minimum Gasteiger partial charge on any atom is -0.684 e. The molecule has 6 N–H and O–H groups in total. The number of benzene rings is 6. The molecule has 6 saturated heterocycles. The molecule has 6 fully saturated rings. The Kier molecular flexibility index (Phi) is 69.9. The number of carbonyl (C=O) groups excluding carboxylic acids is 18. The van der Waals surface area contributed by atoms with Gasteiger partial charge in [0.05, 0.1) is 18.3 Å². The van der Waals surface area contributed by atoms with Crippen LogP contribution >= 0.6 is 23.2 Å². The van der Waals surface area contributed by atoms with E-state index >= 15 is 0 Å². The van der Waals surface area contributed by atoms with Gasteiger partial charge in [0.25, 0.3) is 0 Å². The van der Waals surface area contributed by atoms with E-state index < -0.39 is 138 Å². The molecule has 0 bridgehead atoms. The minimum absolute atomic E-state index is 0. The fourth-order valence-electron chi connectivity index (χ4n) is 10.2. The molecule has 43 heteroatoms. The summed E-state index contributed by atoms with van der Waals surface area (Å²) in [5.41, 5.74) is 1.15. The Labute approximate surface area is 866 Å². The minimum atomic E-state index is -4.62. The van der Waals surface area contributed by atoms with Gasteiger partial charge in [0.15, 0.2) is 0 Å². The van der Waals surface area contributed by atoms with Crippen molar-refractivity contribution in [3.63, 3.8) is 0 Å². The number of nitrogens with zero attached hydrogens (tertiary/aromatic N) is 6. The maximum Gasteiger partial charge on any atom is 2.00 e. The van der Waals surface area contributed by atoms with Crippen molar-refractivity contribution in [3.8, 4) is 11.5 Å². The predicted molar refractivity (Wildman–Crippen MR) is 461 cm³/mol. The van der Waals surface area contributed by atoms with Crippen molar-refractivity contribution >= 4 is 130 Å². The Morgan fingerprint density at radius 1 is 0.364 bits per heavy atom. The van der Waals surface area contributed by atoms with E-state index in [-0.39, 0.29) is 261 Å². The fourth-order valence-corrected chi connectivity index (χ4v) is 10.6. The molecule has 6 heterocycles. The van der Waals surface area contributed by atoms with Gasteiger partial charge in [-0.15, -0.1) is 195 Å². The molecule has 32 nitrogen and oxygen atoms in total. The van der Waals surface area contributed by atoms with Crippen LogP contribution in [-0.2, 0) is 190 Å². The summed E-state index contributed by atoms with van der Waals surface area (Å²) >= 11 is 11.4. The summed E-state index contributed by atoms with van der Waals surface area (Å²) in [5.74, 6) is -9.12. The van der Waals surface area contributed by atoms with Crippen LogP contribution in [0.15, 0.2) is 103 Å². The van der Waals surface area contributed by atoms with Gasteiger partial charge in [0.2, 0.25) is 70.9 Å². The maximum absolute atomic E-state index is 12.5. The molecule has 6 aliphatic rings. The Morgan fingerprint density at radius 3 is 0.909 bits per heavy atom. The standard InChI is InChI=1S/C14H15N2O4.C13H10F3N2O3.C13H13N2O4.C13H13N2O3.2C12H10ClN2O3.6C2H6.6W/c1-8-5-9(7-10(6-8)20-2)13(18)15-11-3-4-12(17)16-14(11)19;14-13(15,16)8-3-1-2-7(6-8)11(20)17-9-4-5-10(19)18-12(9)21;1-19-9-4-2-3-8(7-9)12(17)14-10-5-6-11(16)15-13(10)18;1-8-3-2-4-9(7-8)12(17)14-10-5-6-11(16)15-13(10)18;2*13-8-3-1-2-7(6-8)11(17)14-9-4-5-10(16)15-12(9)18;6*1-2;;;;;;/h6-7,11H,3-4H2,1-2H3,(H2,15,16,17,18,19);1-3,9H,4-5H2,(H2,17,18,19,20,21);2-4,10H,5-6H2,1H3,(H2,14,15,16,17,18);2-3,7,10H,5-6H2,1H3,(H2,14,15,16,17,18);2*1-3,9H,4-5H2,(H2,14,15,16,17,18);6*1-2H3;;;;;;/q6*-1;;;;;;;6*+2/p-6/t;;;;2*9-;;;;;;;;;;;;/m....10............/s1/i;;1D3;;;;;;;;;;;;;;;. The van der Waals surface area contributed by atoms with Gasteiger partial charge in [-0.05, 0) is 126 Å². The number of hydrogen-bond acceptors (Lipinski definition) is 20. The van der Waals surface area contributed by atoms with Gasteiger partial charge in [-0.3, -0.25) is 89.4 Å². The van der Waals surface area contributed by atoms with Crippen LogP contribution < -0.4 is 41.4 Å². The van der Waals surface area contributed by atoms with E-state index in [2.05, 4.69) is 93.6 Å². The fraction of sp³-hybridized carbons (Fsp3) is 0.393. The Bertz CT molecular complexity index is 4700. The average molecular weight is 2890 g/mol. The van der Waals surface area contributed by atoms with E-state index in [9.17, 15) is 99.5 Å². The van der Waals surface area contributed by atoms with Crippen LogP contribution in [0.4, 0.5) is 13.2 Å². The number of carbonyl (C=O) groups is 18. The van der Waals surface area contributed by atoms with E-state index in [0.717, 1.165) is 29.3 Å². The number of alkyl halides is 3. The van der Waals surface area contributed by atoms with Gasteiger partial charge in [-0.1, -0.05) is 109 Å². The van der Waals surface area contributed by atoms with Gasteiger partial charge >= 0.3 is 133 Å². The number of imide groups is 6. The second kappa shape index (κ2) is 72.5. The molecule has 0 aromatic heterocycles. The van der Waals surface area contributed by atoms with Crippen molar-refractivity contribution in [2.24, 2.45) is 0 Å². The third kappa shape index (κ3) is 48.8. The SMILES string of the molecule is CC.CC.CC.CC.CC.CC.COc1cc(C)[c-]c(C(=O)[N-]C2CCC(=O)NC2=O)c1.Cc1cc[c-]c(C(=O)[N-]C2CCC(=O)NC2=O)c1.O=C1CCC([N-]C(=O)c2[c-]c(C(F)(F)F)ccc2)C(=O)N1.O=C1CC[C@@H]([N-]C(=O)c2[c-]c(Cl)ccc2)C(=O)N1.O=C1CC[C@H]([N-]C(=O)c2[c-]c(Cl)ccc2)C(=O)N1.[2H]C([2H])([2H])Oc1[c-]c(C(=O)[N-]C2CCC(=O)NC2=O)ccc1.[W+2].[W+2].[W+2].[W+2].[W+2].[W+2]. The normalized spacial score (nSPS) is 17.1. The third-order valence-electron chi connectivity index (χ3n) is 15.9. The van der Waals surface area contributed by atoms with Crippen LogP contribution in [0.2, 0.25) is 10.0 Å². The van der Waals surface area contributed by atoms with Crippen LogP contribution in [0.25, 0.3) is 31.9 Å². The molecular weight excluding hydrogens is 2790 g/mol. The van der Waals surface area contributed by atoms with Crippen LogP contribution in [0, 0.1) is 50.2 Å². The van der Waals surface area contributed by atoms with E-state index in [1.807, 2.05) is 107 Å². The first kappa shape index (κ1) is 127. The molecule has 6 aromatic rings. The Morgan fingerprint density at radius 2 is 0.636 bits per heavy atom. The molecule has 4 unspecified atom stereocenters. The molecular formula is C89H101Cl2F3N12O20W6. The van der Waals surface area contributed by atoms with Crippen molar-refractivity contribution in [3.05, 3.63) is 232 Å². The quantitative estimate of drug-likeness (QED) is 0.0436. The molecule has 0 saturated carbocycles. The van der Waals surface area contributed by atoms with Crippen LogP contribution in [-0.4, -0.2) is 157 Å². The molecule has 0 radical (unpaired) electrons. The number of nitrogens with one attached hydrogen (secondary N) is 6. The van der Waals surface area contributed by atoms with Gasteiger partial charge in [-0.25, -0.2) is 0 Å². The van der Waals surface area contributed by atoms with Crippen molar-refractivity contribution < 1.29 is 239 Å². The van der Waals surface area contributed by atoms with Crippen molar-refractivity contribution in [1.29, 1.82) is 0 Å². The van der Waals surface area contributed by atoms with Gasteiger partial charge < -0.3 is 70.1 Å². The predicted octanol–water partition coefficient (Wildman–Crippen LogP) is 13.9. The van der Waals surface area contributed by atoms with Gasteiger partial charge in [-0.2, -0.15) is 13.2 Å². The molecule has 708 valence electrons. The molecule has 12 rings (SSSR count). The number of halogens is 5. The molecule has 6 atom stereocenters. The number of methoxy groups -OCH3 is 2. The second-order valence-corrected chi connectivity index (χ2v) is 25.4. The molecule has 0 aliphatic carbocycles. The first-order valence-electron chi connectivity index (χ1n) is 41.5. The molecule has 6 aliphatic heterocycles. The van der Waals surface area contributed by atoms with Gasteiger partial charge in [0, 0.05) is 50.0 Å². The molecule has 18 amide bonds. The monoisotopic (exact) mass is 2890 g/mol. The van der Waals surface area contributed by atoms with Crippen molar-refractivity contribution in [2.45, 2.75) is 216 Å². The van der Waals surface area contributed by atoms with E-state index in [4.69, 9.17) is 32.1 Å². The van der Waals surface area contributed by atoms with Gasteiger partial charge in [0.1, 0.15) is 0 Å². The Balaban J connectivity index is -0.000000358. The third-order valence-corrected chi connectivity index (χ3v) is 16.4. The summed E-state index contributed by atoms with van der Waals surface area (Å²) in [6.07, 6.45) is -2.48. The summed E-state index contributed by atoms with van der Waals surface area (Å²) in [6, 6.07) is 35.0. The van der Waals surface area contributed by atoms with Crippen molar-refractivity contribution in [1.82, 2.24) is 31.9 Å². The van der Waals surface area contributed by atoms with Crippen LogP contribution in [0.5, 0.6) is 11.5 Å². The molecule has 0 spiro atoms. The molecule has 6 aromatic carbocycles. The zero-order chi connectivity index (χ0) is 98.0. The summed E-state index contributed by atoms with van der Waals surface area (Å²) < 4.78 is 68.3. The summed E-state index contributed by atoms with van der Waals surface area (Å²) in [7, 11) is -1.15. The number of aryl methyl sites for hydroxylation is 2. The number of piperidine rings is 6.